The molecule has 3 saturated heterocycles. The lowest BCUT2D eigenvalue weighted by Gasteiger charge is -2.32. The molecule has 0 bridgehead atoms. The number of benzene rings is 1. The number of halogens is 7. The quantitative estimate of drug-likeness (QED) is 0.253. The van der Waals surface area contributed by atoms with Crippen molar-refractivity contribution in [3.8, 4) is 0 Å². The molecule has 280 valence electrons. The third-order valence-electron chi connectivity index (χ3n) is 9.83. The van der Waals surface area contributed by atoms with Crippen molar-refractivity contribution in [2.24, 2.45) is 5.92 Å². The van der Waals surface area contributed by atoms with Crippen LogP contribution in [-0.4, -0.2) is 93.8 Å². The molecule has 19 heteroatoms. The maximum Gasteiger partial charge on any atom is 0.416 e. The number of urea groups is 1. The van der Waals surface area contributed by atoms with Crippen LogP contribution in [0.5, 0.6) is 0 Å². The third-order valence-corrected chi connectivity index (χ3v) is 10.1. The summed E-state index contributed by atoms with van der Waals surface area (Å²) in [4.78, 5) is 50.5. The number of aromatic nitrogens is 4. The molecule has 0 aliphatic carbocycles. The van der Waals surface area contributed by atoms with Crippen LogP contribution in [0, 0.1) is 5.92 Å². The molecule has 2 amide bonds. The SMILES string of the molecule is CC[C@@H]1C[C@H](N(Cc2cc(C(F)(F)F)cc(C(F)(F)F)c2)c2ncc(N3CCN(C)C3=O)cn2)CN1c1nc(N2CCC(C(=O)O)CC2)ncc1Cl. The lowest BCUT2D eigenvalue weighted by molar-refractivity contribution is -0.144. The molecule has 0 spiro atoms. The van der Waals surface area contributed by atoms with E-state index in [1.165, 1.54) is 28.4 Å². The Morgan fingerprint density at radius 2 is 1.60 bits per heavy atom. The third kappa shape index (κ3) is 7.76. The first-order valence-electron chi connectivity index (χ1n) is 16.7. The molecular formula is C33H36ClF6N9O3. The van der Waals surface area contributed by atoms with Gasteiger partial charge in [-0.3, -0.25) is 9.69 Å². The number of amides is 2. The summed E-state index contributed by atoms with van der Waals surface area (Å²) in [5.41, 5.74) is -2.72. The van der Waals surface area contributed by atoms with Crippen LogP contribution >= 0.6 is 11.6 Å². The molecule has 3 aromatic rings. The number of carbonyl (C=O) groups excluding carboxylic acids is 1. The highest BCUT2D eigenvalue weighted by atomic mass is 35.5. The first kappa shape index (κ1) is 37.2. The van der Waals surface area contributed by atoms with E-state index in [1.807, 2.05) is 16.7 Å². The number of aliphatic carboxylic acids is 1. The van der Waals surface area contributed by atoms with Crippen LogP contribution in [0.15, 0.2) is 36.8 Å². The molecule has 2 atom stereocenters. The van der Waals surface area contributed by atoms with Crippen molar-refractivity contribution >= 4 is 47.0 Å². The molecule has 3 aliphatic heterocycles. The fraction of sp³-hybridized carbons (Fsp3) is 0.515. The summed E-state index contributed by atoms with van der Waals surface area (Å²) in [6, 6.07) is 0.490. The number of rotatable bonds is 9. The van der Waals surface area contributed by atoms with Crippen LogP contribution < -0.4 is 19.6 Å². The van der Waals surface area contributed by atoms with Crippen LogP contribution in [0.3, 0.4) is 0 Å². The Bertz CT molecular complexity index is 1760. The number of carbonyl (C=O) groups is 2. The first-order valence-corrected chi connectivity index (χ1v) is 17.1. The number of carboxylic acids is 1. The number of carboxylic acid groups (broad SMARTS) is 1. The second kappa shape index (κ2) is 14.4. The minimum atomic E-state index is -5.03. The maximum atomic E-state index is 13.8. The molecule has 2 aromatic heterocycles. The highest BCUT2D eigenvalue weighted by Crippen LogP contribution is 2.39. The molecule has 1 aromatic carbocycles. The van der Waals surface area contributed by atoms with Crippen molar-refractivity contribution in [1.29, 1.82) is 0 Å². The second-order valence-electron chi connectivity index (χ2n) is 13.2. The van der Waals surface area contributed by atoms with Crippen molar-refractivity contribution in [1.82, 2.24) is 24.8 Å². The van der Waals surface area contributed by atoms with Crippen molar-refractivity contribution in [3.63, 3.8) is 0 Å². The number of nitrogens with zero attached hydrogens (tertiary/aromatic N) is 9. The number of likely N-dealkylation sites (N-methyl/N-ethyl adjacent to an activating group) is 1. The summed E-state index contributed by atoms with van der Waals surface area (Å²) in [6.45, 7) is 3.48. The smallest absolute Gasteiger partial charge is 0.416 e. The van der Waals surface area contributed by atoms with Gasteiger partial charge in [0.2, 0.25) is 11.9 Å². The zero-order valence-corrected chi connectivity index (χ0v) is 29.0. The zero-order chi connectivity index (χ0) is 37.5. The minimum Gasteiger partial charge on any atom is -0.481 e. The minimum absolute atomic E-state index is 0.0483. The largest absolute Gasteiger partial charge is 0.481 e. The molecule has 1 N–H and O–H groups in total. The van der Waals surface area contributed by atoms with E-state index >= 15 is 0 Å². The van der Waals surface area contributed by atoms with Gasteiger partial charge in [0.25, 0.3) is 0 Å². The lowest BCUT2D eigenvalue weighted by atomic mass is 9.97. The monoisotopic (exact) mass is 755 g/mol. The van der Waals surface area contributed by atoms with E-state index in [4.69, 9.17) is 16.6 Å². The van der Waals surface area contributed by atoms with Gasteiger partial charge < -0.3 is 24.7 Å². The van der Waals surface area contributed by atoms with E-state index in [1.54, 1.807) is 11.9 Å². The fourth-order valence-corrected chi connectivity index (χ4v) is 7.15. The molecule has 0 radical (unpaired) electrons. The van der Waals surface area contributed by atoms with Gasteiger partial charge in [0.1, 0.15) is 5.02 Å². The molecule has 3 aliphatic rings. The van der Waals surface area contributed by atoms with Gasteiger partial charge in [-0.15, -0.1) is 0 Å². The molecule has 6 rings (SSSR count). The predicted octanol–water partition coefficient (Wildman–Crippen LogP) is 6.19. The van der Waals surface area contributed by atoms with Gasteiger partial charge in [0, 0.05) is 52.4 Å². The molecule has 3 fully saturated rings. The maximum absolute atomic E-state index is 13.8. The lowest BCUT2D eigenvalue weighted by Crippen LogP contribution is -2.39. The molecule has 12 nitrogen and oxygen atoms in total. The van der Waals surface area contributed by atoms with Crippen LogP contribution in [0.1, 0.15) is 49.3 Å². The fourth-order valence-electron chi connectivity index (χ4n) is 6.95. The van der Waals surface area contributed by atoms with Gasteiger partial charge in [0.05, 0.1) is 47.4 Å². The summed E-state index contributed by atoms with van der Waals surface area (Å²) >= 11 is 6.65. The van der Waals surface area contributed by atoms with Gasteiger partial charge in [-0.2, -0.15) is 31.3 Å². The molecular weight excluding hydrogens is 720 g/mol. The molecule has 5 heterocycles. The number of piperidine rings is 1. The van der Waals surface area contributed by atoms with Crippen molar-refractivity contribution in [2.45, 2.75) is 63.6 Å². The standard InChI is InChI=1S/C33H36ClF6N9O3/c1-3-23-13-24(18-48(23)27-26(34)16-43-30(44-27)46-6-4-20(5-7-46)28(50)51)49(29-41-14-25(15-42-29)47-9-8-45(2)31(47)52)17-19-10-21(32(35,36)37)12-22(11-19)33(38,39)40/h10-12,14-16,20,23-24H,3-9,13,17-18H2,1-2H3,(H,50,51)/t23-,24+/m1/s1. The van der Waals surface area contributed by atoms with E-state index in [2.05, 4.69) is 15.0 Å². The van der Waals surface area contributed by atoms with Gasteiger partial charge in [-0.05, 0) is 49.4 Å². The summed E-state index contributed by atoms with van der Waals surface area (Å²) in [5, 5.41) is 9.64. The van der Waals surface area contributed by atoms with E-state index in [0.29, 0.717) is 81.4 Å². The summed E-state index contributed by atoms with van der Waals surface area (Å²) < 4.78 is 83.1. The Hall–Kier alpha value is -4.61. The summed E-state index contributed by atoms with van der Waals surface area (Å²) in [6.07, 6.45) is -3.95. The van der Waals surface area contributed by atoms with Gasteiger partial charge >= 0.3 is 24.4 Å². The number of hydrogen-bond acceptors (Lipinski definition) is 9. The van der Waals surface area contributed by atoms with E-state index in [9.17, 15) is 41.0 Å². The number of anilines is 4. The Morgan fingerprint density at radius 1 is 0.962 bits per heavy atom. The highest BCUT2D eigenvalue weighted by molar-refractivity contribution is 6.32. The Morgan fingerprint density at radius 3 is 2.13 bits per heavy atom. The highest BCUT2D eigenvalue weighted by Gasteiger charge is 2.40. The van der Waals surface area contributed by atoms with Crippen molar-refractivity contribution in [3.05, 3.63) is 58.5 Å². The van der Waals surface area contributed by atoms with E-state index in [-0.39, 0.29) is 41.2 Å². The average Bonchev–Trinajstić information content (AvgIpc) is 3.69. The van der Waals surface area contributed by atoms with Crippen LogP contribution in [0.25, 0.3) is 0 Å². The molecule has 52 heavy (non-hydrogen) atoms. The zero-order valence-electron chi connectivity index (χ0n) is 28.2. The normalized spacial score (nSPS) is 20.3. The van der Waals surface area contributed by atoms with Crippen LogP contribution in [0.2, 0.25) is 5.02 Å². The molecule has 0 unspecified atom stereocenters. The predicted molar refractivity (Wildman–Crippen MR) is 179 cm³/mol. The van der Waals surface area contributed by atoms with E-state index in [0.717, 1.165) is 0 Å². The second-order valence-corrected chi connectivity index (χ2v) is 13.6. The van der Waals surface area contributed by atoms with E-state index < -0.39 is 48.0 Å². The van der Waals surface area contributed by atoms with Crippen LogP contribution in [0.4, 0.5) is 54.5 Å². The first-order chi connectivity index (χ1) is 24.5. The number of hydrogen-bond donors (Lipinski definition) is 1. The van der Waals surface area contributed by atoms with Gasteiger partial charge in [-0.25, -0.2) is 19.7 Å². The summed E-state index contributed by atoms with van der Waals surface area (Å²) in [7, 11) is 1.65. The van der Waals surface area contributed by atoms with Gasteiger partial charge in [0.15, 0.2) is 5.82 Å². The summed E-state index contributed by atoms with van der Waals surface area (Å²) in [5.74, 6) is -0.510. The molecule has 0 saturated carbocycles. The van der Waals surface area contributed by atoms with Crippen molar-refractivity contribution in [2.75, 3.05) is 59.4 Å². The van der Waals surface area contributed by atoms with Crippen molar-refractivity contribution < 1.29 is 41.0 Å². The number of alkyl halides is 6. The topological polar surface area (TPSA) is 122 Å². The van der Waals surface area contributed by atoms with Crippen LogP contribution in [-0.2, 0) is 23.7 Å². The Kier molecular flexibility index (Phi) is 10.3. The Balaban J connectivity index is 1.34. The van der Waals surface area contributed by atoms with Gasteiger partial charge in [-0.1, -0.05) is 18.5 Å². The Labute approximate surface area is 300 Å². The average molecular weight is 756 g/mol.